The maximum atomic E-state index is 12.5. The zero-order chi connectivity index (χ0) is 11.0. The first kappa shape index (κ1) is 11.1. The Morgan fingerprint density at radius 2 is 2.07 bits per heavy atom. The van der Waals surface area contributed by atoms with Crippen LogP contribution in [0.4, 0.5) is 13.2 Å². The number of alkyl halides is 3. The second kappa shape index (κ2) is 3.30. The van der Waals surface area contributed by atoms with Crippen molar-refractivity contribution < 1.29 is 17.9 Å². The molecule has 1 aliphatic heterocycles. The van der Waals surface area contributed by atoms with Crippen LogP contribution in [0.3, 0.4) is 0 Å². The number of hydrogen-bond donors (Lipinski definition) is 2. The number of ether oxygens (including phenoxy) is 1. The van der Waals surface area contributed by atoms with Crippen LogP contribution in [0.5, 0.6) is 0 Å². The standard InChI is InChI=1S/C7H12F3N3O/c1-2-14-6(7(8,9)10)3-13(4-6)5(11)12/h2-4H2,1H3,(H3,11,12). The number of rotatable bonds is 2. The zero-order valence-electron chi connectivity index (χ0n) is 7.69. The Hall–Kier alpha value is -0.980. The summed E-state index contributed by atoms with van der Waals surface area (Å²) < 4.78 is 42.2. The van der Waals surface area contributed by atoms with Crippen molar-refractivity contribution >= 4 is 5.96 Å². The van der Waals surface area contributed by atoms with E-state index in [1.54, 1.807) is 0 Å². The van der Waals surface area contributed by atoms with E-state index in [0.29, 0.717) is 0 Å². The summed E-state index contributed by atoms with van der Waals surface area (Å²) >= 11 is 0. The average molecular weight is 211 g/mol. The normalized spacial score (nSPS) is 20.4. The molecule has 7 heteroatoms. The minimum absolute atomic E-state index is 0.00868. The molecular weight excluding hydrogens is 199 g/mol. The molecule has 0 atom stereocenters. The Balaban J connectivity index is 2.67. The lowest BCUT2D eigenvalue weighted by Gasteiger charge is -2.50. The molecule has 0 amide bonds. The third-order valence-corrected chi connectivity index (χ3v) is 2.17. The summed E-state index contributed by atoms with van der Waals surface area (Å²) in [4.78, 5) is 1.11. The number of guanidine groups is 1. The van der Waals surface area contributed by atoms with Gasteiger partial charge in [0.2, 0.25) is 0 Å². The summed E-state index contributed by atoms with van der Waals surface area (Å²) in [5.41, 5.74) is 2.91. The van der Waals surface area contributed by atoms with Gasteiger partial charge < -0.3 is 15.4 Å². The summed E-state index contributed by atoms with van der Waals surface area (Å²) in [5, 5.41) is 6.95. The topological polar surface area (TPSA) is 62.3 Å². The van der Waals surface area contributed by atoms with E-state index >= 15 is 0 Å². The van der Waals surface area contributed by atoms with Gasteiger partial charge in [0, 0.05) is 6.61 Å². The van der Waals surface area contributed by atoms with Crippen LogP contribution < -0.4 is 5.73 Å². The lowest BCUT2D eigenvalue weighted by atomic mass is 9.93. The lowest BCUT2D eigenvalue weighted by Crippen LogP contribution is -2.72. The van der Waals surface area contributed by atoms with Gasteiger partial charge in [0.25, 0.3) is 0 Å². The maximum Gasteiger partial charge on any atom is 0.420 e. The molecule has 1 rings (SSSR count). The first-order valence-electron chi connectivity index (χ1n) is 4.12. The van der Waals surface area contributed by atoms with Gasteiger partial charge in [-0.05, 0) is 6.92 Å². The number of nitrogens with one attached hydrogen (secondary N) is 1. The molecule has 0 aromatic carbocycles. The van der Waals surface area contributed by atoms with Gasteiger partial charge in [-0.25, -0.2) is 0 Å². The Labute approximate surface area is 79.3 Å². The van der Waals surface area contributed by atoms with Gasteiger partial charge in [0.1, 0.15) is 0 Å². The van der Waals surface area contributed by atoms with E-state index in [-0.39, 0.29) is 25.7 Å². The van der Waals surface area contributed by atoms with Crippen LogP contribution in [0.2, 0.25) is 0 Å². The van der Waals surface area contributed by atoms with E-state index in [9.17, 15) is 13.2 Å². The van der Waals surface area contributed by atoms with Gasteiger partial charge in [-0.1, -0.05) is 0 Å². The van der Waals surface area contributed by atoms with E-state index in [0.717, 1.165) is 4.90 Å². The fraction of sp³-hybridized carbons (Fsp3) is 0.857. The van der Waals surface area contributed by atoms with Crippen molar-refractivity contribution in [3.8, 4) is 0 Å². The zero-order valence-corrected chi connectivity index (χ0v) is 7.69. The highest BCUT2D eigenvalue weighted by Crippen LogP contribution is 2.40. The molecule has 0 saturated carbocycles. The smallest absolute Gasteiger partial charge is 0.370 e. The summed E-state index contributed by atoms with van der Waals surface area (Å²) in [6.07, 6.45) is -4.41. The molecule has 3 N–H and O–H groups in total. The van der Waals surface area contributed by atoms with E-state index in [4.69, 9.17) is 15.9 Å². The first-order valence-corrected chi connectivity index (χ1v) is 4.12. The molecule has 14 heavy (non-hydrogen) atoms. The molecule has 1 heterocycles. The third-order valence-electron chi connectivity index (χ3n) is 2.17. The van der Waals surface area contributed by atoms with E-state index in [2.05, 4.69) is 0 Å². The molecule has 0 aromatic rings. The van der Waals surface area contributed by atoms with Gasteiger partial charge in [0.15, 0.2) is 11.6 Å². The molecule has 0 bridgehead atoms. The van der Waals surface area contributed by atoms with Crippen LogP contribution in [-0.4, -0.2) is 42.3 Å². The van der Waals surface area contributed by atoms with Gasteiger partial charge >= 0.3 is 6.18 Å². The Kier molecular flexibility index (Phi) is 2.62. The maximum absolute atomic E-state index is 12.5. The fourth-order valence-corrected chi connectivity index (χ4v) is 1.37. The number of nitrogens with zero attached hydrogens (tertiary/aromatic N) is 1. The minimum atomic E-state index is -4.41. The van der Waals surface area contributed by atoms with Gasteiger partial charge in [-0.15, -0.1) is 0 Å². The molecule has 0 radical (unpaired) electrons. The fourth-order valence-electron chi connectivity index (χ4n) is 1.37. The van der Waals surface area contributed by atoms with Crippen molar-refractivity contribution in [2.75, 3.05) is 19.7 Å². The Morgan fingerprint density at radius 1 is 1.57 bits per heavy atom. The highest BCUT2D eigenvalue weighted by atomic mass is 19.4. The number of hydrogen-bond acceptors (Lipinski definition) is 2. The second-order valence-corrected chi connectivity index (χ2v) is 3.17. The molecule has 82 valence electrons. The minimum Gasteiger partial charge on any atom is -0.370 e. The number of halogens is 3. The largest absolute Gasteiger partial charge is 0.420 e. The summed E-state index contributed by atoms with van der Waals surface area (Å²) in [6, 6.07) is 0. The van der Waals surface area contributed by atoms with Crippen LogP contribution >= 0.6 is 0 Å². The molecule has 4 nitrogen and oxygen atoms in total. The van der Waals surface area contributed by atoms with Crippen LogP contribution in [0, 0.1) is 5.41 Å². The molecule has 1 saturated heterocycles. The predicted octanol–water partition coefficient (Wildman–Crippen LogP) is 0.533. The van der Waals surface area contributed by atoms with E-state index < -0.39 is 11.8 Å². The Morgan fingerprint density at radius 3 is 2.36 bits per heavy atom. The average Bonchev–Trinajstić information content (AvgIpc) is 1.91. The summed E-state index contributed by atoms with van der Waals surface area (Å²) in [7, 11) is 0. The molecule has 0 aromatic heterocycles. The second-order valence-electron chi connectivity index (χ2n) is 3.17. The molecular formula is C7H12F3N3O. The van der Waals surface area contributed by atoms with Gasteiger partial charge in [-0.2, -0.15) is 13.2 Å². The summed E-state index contributed by atoms with van der Waals surface area (Å²) in [5.74, 6) is -0.357. The van der Waals surface area contributed by atoms with Crippen LogP contribution in [-0.2, 0) is 4.74 Å². The summed E-state index contributed by atoms with van der Waals surface area (Å²) in [6.45, 7) is 0.717. The van der Waals surface area contributed by atoms with E-state index in [1.807, 2.05) is 0 Å². The number of nitrogens with two attached hydrogens (primary N) is 1. The molecule has 0 aliphatic carbocycles. The van der Waals surface area contributed by atoms with E-state index in [1.165, 1.54) is 6.92 Å². The monoisotopic (exact) mass is 211 g/mol. The highest BCUT2D eigenvalue weighted by molar-refractivity contribution is 5.76. The third kappa shape index (κ3) is 1.63. The van der Waals surface area contributed by atoms with Crippen molar-refractivity contribution in [3.05, 3.63) is 0 Å². The molecule has 1 fully saturated rings. The molecule has 1 aliphatic rings. The SMILES string of the molecule is CCOC1(C(F)(F)F)CN(C(=N)N)C1. The highest BCUT2D eigenvalue weighted by Gasteiger charge is 2.63. The Bertz CT molecular complexity index is 235. The van der Waals surface area contributed by atoms with Crippen molar-refractivity contribution in [1.29, 1.82) is 5.41 Å². The van der Waals surface area contributed by atoms with Gasteiger partial charge in [-0.3, -0.25) is 5.41 Å². The van der Waals surface area contributed by atoms with Crippen molar-refractivity contribution in [2.24, 2.45) is 5.73 Å². The predicted molar refractivity (Wildman–Crippen MR) is 43.9 cm³/mol. The van der Waals surface area contributed by atoms with Crippen LogP contribution in [0.25, 0.3) is 0 Å². The quantitative estimate of drug-likeness (QED) is 0.517. The van der Waals surface area contributed by atoms with Gasteiger partial charge in [0.05, 0.1) is 13.1 Å². The van der Waals surface area contributed by atoms with Crippen molar-refractivity contribution in [2.45, 2.75) is 18.7 Å². The van der Waals surface area contributed by atoms with Crippen LogP contribution in [0.1, 0.15) is 6.92 Å². The lowest BCUT2D eigenvalue weighted by molar-refractivity contribution is -0.309. The van der Waals surface area contributed by atoms with Crippen molar-refractivity contribution in [1.82, 2.24) is 4.90 Å². The first-order chi connectivity index (χ1) is 6.32. The van der Waals surface area contributed by atoms with Crippen molar-refractivity contribution in [3.63, 3.8) is 0 Å². The number of likely N-dealkylation sites (tertiary alicyclic amines) is 1. The molecule has 0 unspecified atom stereocenters. The molecule has 0 spiro atoms. The van der Waals surface area contributed by atoms with Crippen LogP contribution in [0.15, 0.2) is 0 Å².